The van der Waals surface area contributed by atoms with Crippen LogP contribution in [0.25, 0.3) is 0 Å². The molecule has 14 heavy (non-hydrogen) atoms. The van der Waals surface area contributed by atoms with Crippen LogP contribution >= 0.6 is 0 Å². The average Bonchev–Trinajstić information content (AvgIpc) is 2.97. The highest BCUT2D eigenvalue weighted by Crippen LogP contribution is 2.11. The largest absolute Gasteiger partial charge is 0.459 e. The quantitative estimate of drug-likeness (QED) is 0.291. The molecule has 2 unspecified atom stereocenters. The lowest BCUT2D eigenvalue weighted by Crippen LogP contribution is -2.20. The second-order valence-electron chi connectivity index (χ2n) is 3.12. The van der Waals surface area contributed by atoms with Crippen LogP contribution in [0.15, 0.2) is 24.8 Å². The number of esters is 1. The molecule has 0 amide bonds. The topological polar surface area (TPSA) is 59.1 Å². The summed E-state index contributed by atoms with van der Waals surface area (Å²) in [5.41, 5.74) is 0.0607. The Bertz CT molecular complexity index is 243. The molecule has 1 fully saturated rings. The molecule has 0 aromatic rings. The summed E-state index contributed by atoms with van der Waals surface area (Å²) in [6.07, 6.45) is 0.949. The van der Waals surface area contributed by atoms with Gasteiger partial charge in [0.15, 0.2) is 0 Å². The molecule has 1 saturated heterocycles. The second kappa shape index (κ2) is 4.93. The number of carbonyl (C=O) groups is 1. The molecule has 0 saturated carbocycles. The lowest BCUT2D eigenvalue weighted by Gasteiger charge is -2.10. The molecule has 0 aromatic heterocycles. The second-order valence-corrected chi connectivity index (χ2v) is 3.12. The first-order valence-electron chi connectivity index (χ1n) is 4.41. The van der Waals surface area contributed by atoms with Crippen LogP contribution in [0.5, 0.6) is 0 Å². The minimum Gasteiger partial charge on any atom is -0.459 e. The highest BCUT2D eigenvalue weighted by atomic mass is 16.6. The van der Waals surface area contributed by atoms with E-state index >= 15 is 0 Å². The number of rotatable bonds is 6. The van der Waals surface area contributed by atoms with Crippen LogP contribution in [0.3, 0.4) is 0 Å². The summed E-state index contributed by atoms with van der Waals surface area (Å²) >= 11 is 0. The van der Waals surface area contributed by atoms with Crippen LogP contribution in [0, 0.1) is 0 Å². The Balaban J connectivity index is 2.26. The van der Waals surface area contributed by atoms with Gasteiger partial charge >= 0.3 is 5.97 Å². The Hall–Kier alpha value is -1.13. The van der Waals surface area contributed by atoms with E-state index < -0.39 is 12.1 Å². The molecule has 4 nitrogen and oxygen atoms in total. The van der Waals surface area contributed by atoms with Gasteiger partial charge in [-0.3, -0.25) is 0 Å². The monoisotopic (exact) mass is 198 g/mol. The molecule has 1 aliphatic rings. The van der Waals surface area contributed by atoms with Crippen LogP contribution in [0.2, 0.25) is 0 Å². The summed E-state index contributed by atoms with van der Waals surface area (Å²) in [4.78, 5) is 11.2. The Morgan fingerprint density at radius 1 is 1.79 bits per heavy atom. The van der Waals surface area contributed by atoms with Crippen LogP contribution in [0.4, 0.5) is 0 Å². The molecule has 0 aromatic carbocycles. The predicted octanol–water partition coefficient (Wildman–Crippen LogP) is 0.422. The van der Waals surface area contributed by atoms with Crippen molar-refractivity contribution in [3.8, 4) is 0 Å². The maximum atomic E-state index is 11.2. The van der Waals surface area contributed by atoms with E-state index in [9.17, 15) is 9.90 Å². The molecule has 0 bridgehead atoms. The van der Waals surface area contributed by atoms with Gasteiger partial charge in [0.05, 0.1) is 18.3 Å². The number of aliphatic hydroxyl groups excluding tert-OH is 1. The van der Waals surface area contributed by atoms with Gasteiger partial charge in [0.1, 0.15) is 12.7 Å². The summed E-state index contributed by atoms with van der Waals surface area (Å²) in [5, 5.41) is 9.37. The molecule has 1 N–H and O–H groups in total. The van der Waals surface area contributed by atoms with Gasteiger partial charge in [-0.2, -0.15) is 0 Å². The lowest BCUT2D eigenvalue weighted by atomic mass is 10.1. The first-order chi connectivity index (χ1) is 6.65. The van der Waals surface area contributed by atoms with Crippen molar-refractivity contribution in [3.05, 3.63) is 24.8 Å². The van der Waals surface area contributed by atoms with E-state index in [2.05, 4.69) is 13.2 Å². The molecule has 78 valence electrons. The van der Waals surface area contributed by atoms with Crippen molar-refractivity contribution in [2.24, 2.45) is 0 Å². The SMILES string of the molecule is C=CCC(O)C(=C)C(=O)OCC1CO1. The van der Waals surface area contributed by atoms with Crippen molar-refractivity contribution in [3.63, 3.8) is 0 Å². The van der Waals surface area contributed by atoms with Crippen molar-refractivity contribution < 1.29 is 19.4 Å². The highest BCUT2D eigenvalue weighted by molar-refractivity contribution is 5.88. The molecule has 4 heteroatoms. The molecule has 1 heterocycles. The standard InChI is InChI=1S/C10H14O4/c1-3-4-9(11)7(2)10(12)14-6-8-5-13-8/h3,8-9,11H,1-2,4-6H2. The molecule has 1 aliphatic heterocycles. The van der Waals surface area contributed by atoms with Crippen LogP contribution in [-0.4, -0.2) is 36.5 Å². The third kappa shape index (κ3) is 3.32. The van der Waals surface area contributed by atoms with Crippen LogP contribution in [-0.2, 0) is 14.3 Å². The normalized spacial score (nSPS) is 21.1. The van der Waals surface area contributed by atoms with Crippen molar-refractivity contribution in [1.82, 2.24) is 0 Å². The molecular formula is C10H14O4. The first-order valence-corrected chi connectivity index (χ1v) is 4.41. The Morgan fingerprint density at radius 3 is 2.93 bits per heavy atom. The molecule has 0 aliphatic carbocycles. The highest BCUT2D eigenvalue weighted by Gasteiger charge is 2.25. The third-order valence-electron chi connectivity index (χ3n) is 1.86. The molecule has 1 rings (SSSR count). The van der Waals surface area contributed by atoms with Gasteiger partial charge < -0.3 is 14.6 Å². The first kappa shape index (κ1) is 10.9. The molecule has 0 radical (unpaired) electrons. The smallest absolute Gasteiger partial charge is 0.336 e. The fraction of sp³-hybridized carbons (Fsp3) is 0.500. The summed E-state index contributed by atoms with van der Waals surface area (Å²) in [6.45, 7) is 7.78. The number of ether oxygens (including phenoxy) is 2. The van der Waals surface area contributed by atoms with Gasteiger partial charge in [0.2, 0.25) is 0 Å². The van der Waals surface area contributed by atoms with Gasteiger partial charge in [-0.15, -0.1) is 6.58 Å². The van der Waals surface area contributed by atoms with Crippen molar-refractivity contribution in [2.45, 2.75) is 18.6 Å². The van der Waals surface area contributed by atoms with Crippen molar-refractivity contribution in [2.75, 3.05) is 13.2 Å². The molecular weight excluding hydrogens is 184 g/mol. The minimum absolute atomic E-state index is 0.0308. The Labute approximate surface area is 82.8 Å². The van der Waals surface area contributed by atoms with E-state index in [4.69, 9.17) is 9.47 Å². The number of hydrogen-bond acceptors (Lipinski definition) is 4. The van der Waals surface area contributed by atoms with E-state index in [1.807, 2.05) is 0 Å². The average molecular weight is 198 g/mol. The maximum Gasteiger partial charge on any atom is 0.336 e. The maximum absolute atomic E-state index is 11.2. The van der Waals surface area contributed by atoms with Crippen LogP contribution < -0.4 is 0 Å². The fourth-order valence-electron chi connectivity index (χ4n) is 0.862. The van der Waals surface area contributed by atoms with Gasteiger partial charge in [-0.1, -0.05) is 12.7 Å². The van der Waals surface area contributed by atoms with Crippen LogP contribution in [0.1, 0.15) is 6.42 Å². The van der Waals surface area contributed by atoms with E-state index in [1.54, 1.807) is 0 Å². The Morgan fingerprint density at radius 2 is 2.43 bits per heavy atom. The zero-order valence-electron chi connectivity index (χ0n) is 7.94. The predicted molar refractivity (Wildman–Crippen MR) is 50.7 cm³/mol. The summed E-state index contributed by atoms with van der Waals surface area (Å²) in [6, 6.07) is 0. The Kier molecular flexibility index (Phi) is 3.85. The number of hydrogen-bond donors (Lipinski definition) is 1. The minimum atomic E-state index is -0.903. The fourth-order valence-corrected chi connectivity index (χ4v) is 0.862. The van der Waals surface area contributed by atoms with Gasteiger partial charge in [0.25, 0.3) is 0 Å². The van der Waals surface area contributed by atoms with E-state index in [0.29, 0.717) is 13.0 Å². The summed E-state index contributed by atoms with van der Waals surface area (Å²) < 4.78 is 9.70. The third-order valence-corrected chi connectivity index (χ3v) is 1.86. The molecule has 2 atom stereocenters. The zero-order chi connectivity index (χ0) is 10.6. The van der Waals surface area contributed by atoms with E-state index in [-0.39, 0.29) is 18.3 Å². The number of aliphatic hydroxyl groups is 1. The van der Waals surface area contributed by atoms with Gasteiger partial charge in [0, 0.05) is 0 Å². The summed E-state index contributed by atoms with van der Waals surface area (Å²) in [7, 11) is 0. The van der Waals surface area contributed by atoms with E-state index in [0.717, 1.165) is 0 Å². The zero-order valence-corrected chi connectivity index (χ0v) is 7.94. The molecule has 0 spiro atoms. The summed E-state index contributed by atoms with van der Waals surface area (Å²) in [5.74, 6) is -0.574. The van der Waals surface area contributed by atoms with Crippen molar-refractivity contribution in [1.29, 1.82) is 0 Å². The number of epoxide rings is 1. The lowest BCUT2D eigenvalue weighted by molar-refractivity contribution is -0.140. The number of carbonyl (C=O) groups excluding carboxylic acids is 1. The van der Waals surface area contributed by atoms with E-state index in [1.165, 1.54) is 6.08 Å². The van der Waals surface area contributed by atoms with Gasteiger partial charge in [-0.05, 0) is 6.42 Å². The van der Waals surface area contributed by atoms with Crippen molar-refractivity contribution >= 4 is 5.97 Å². The van der Waals surface area contributed by atoms with Gasteiger partial charge in [-0.25, -0.2) is 4.79 Å².